The highest BCUT2D eigenvalue weighted by Gasteiger charge is 2.23. The van der Waals surface area contributed by atoms with Gasteiger partial charge in [0.05, 0.1) is 12.6 Å². The van der Waals surface area contributed by atoms with Gasteiger partial charge in [-0.1, -0.05) is 24.3 Å². The van der Waals surface area contributed by atoms with Crippen LogP contribution in [0, 0.1) is 0 Å². The van der Waals surface area contributed by atoms with Crippen molar-refractivity contribution in [3.63, 3.8) is 0 Å². The summed E-state index contributed by atoms with van der Waals surface area (Å²) in [6, 6.07) is 16.9. The second-order valence-corrected chi connectivity index (χ2v) is 7.70. The summed E-state index contributed by atoms with van der Waals surface area (Å²) < 4.78 is 5.42. The third-order valence-corrected chi connectivity index (χ3v) is 6.06. The minimum absolute atomic E-state index is 0.600. The van der Waals surface area contributed by atoms with Crippen molar-refractivity contribution in [2.45, 2.75) is 25.3 Å². The number of pyridine rings is 1. The van der Waals surface area contributed by atoms with Crippen LogP contribution in [0.1, 0.15) is 29.9 Å². The van der Waals surface area contributed by atoms with Crippen molar-refractivity contribution in [2.75, 3.05) is 20.2 Å². The van der Waals surface area contributed by atoms with Gasteiger partial charge >= 0.3 is 0 Å². The molecule has 1 aliphatic rings. The third kappa shape index (κ3) is 3.14. The molecule has 5 rings (SSSR count). The molecule has 4 heteroatoms. The standard InChI is InChI=1S/C24H25N3O/c1-28-20-7-8-23-21(14-20)22(15-26-23)17-9-12-27(13-10-17)16-19-5-2-4-18-6-3-11-25-24(18)19/h2-8,11,14-15,17,26H,9-10,12-13,16H2,1H3. The molecule has 2 aromatic heterocycles. The smallest absolute Gasteiger partial charge is 0.119 e. The number of likely N-dealkylation sites (tertiary alicyclic amines) is 1. The van der Waals surface area contributed by atoms with E-state index >= 15 is 0 Å². The van der Waals surface area contributed by atoms with E-state index < -0.39 is 0 Å². The molecule has 1 saturated heterocycles. The van der Waals surface area contributed by atoms with Gasteiger partial charge in [-0.2, -0.15) is 0 Å². The number of benzene rings is 2. The molecule has 142 valence electrons. The number of aromatic nitrogens is 2. The van der Waals surface area contributed by atoms with E-state index in [9.17, 15) is 0 Å². The molecule has 28 heavy (non-hydrogen) atoms. The van der Waals surface area contributed by atoms with E-state index in [0.29, 0.717) is 5.92 Å². The molecule has 0 radical (unpaired) electrons. The van der Waals surface area contributed by atoms with E-state index in [1.807, 2.05) is 18.3 Å². The van der Waals surface area contributed by atoms with Gasteiger partial charge in [0.2, 0.25) is 0 Å². The zero-order valence-corrected chi connectivity index (χ0v) is 16.2. The fraction of sp³-hybridized carbons (Fsp3) is 0.292. The van der Waals surface area contributed by atoms with E-state index in [-0.39, 0.29) is 0 Å². The Bertz CT molecular complexity index is 1100. The maximum absolute atomic E-state index is 5.42. The van der Waals surface area contributed by atoms with Crippen LogP contribution in [-0.2, 0) is 6.54 Å². The Balaban J connectivity index is 1.31. The zero-order valence-electron chi connectivity index (χ0n) is 16.2. The number of hydrogen-bond donors (Lipinski definition) is 1. The molecular formula is C24H25N3O. The molecule has 0 spiro atoms. The number of rotatable bonds is 4. The van der Waals surface area contributed by atoms with Crippen molar-refractivity contribution in [3.05, 3.63) is 72.1 Å². The summed E-state index contributed by atoms with van der Waals surface area (Å²) in [7, 11) is 1.73. The van der Waals surface area contributed by atoms with Gasteiger partial charge in [0.1, 0.15) is 5.75 Å². The van der Waals surface area contributed by atoms with Crippen molar-refractivity contribution in [2.24, 2.45) is 0 Å². The van der Waals surface area contributed by atoms with Gasteiger partial charge in [0, 0.05) is 35.2 Å². The SMILES string of the molecule is COc1ccc2[nH]cc(C3CCN(Cc4cccc5cccnc45)CC3)c2c1. The number of hydrogen-bond acceptors (Lipinski definition) is 3. The van der Waals surface area contributed by atoms with Crippen molar-refractivity contribution >= 4 is 21.8 Å². The van der Waals surface area contributed by atoms with E-state index in [1.165, 1.54) is 40.3 Å². The monoisotopic (exact) mass is 371 g/mol. The summed E-state index contributed by atoms with van der Waals surface area (Å²) in [5.41, 5.74) is 5.09. The molecule has 1 N–H and O–H groups in total. The Morgan fingerprint density at radius 3 is 2.82 bits per heavy atom. The predicted molar refractivity (Wildman–Crippen MR) is 114 cm³/mol. The van der Waals surface area contributed by atoms with Crippen LogP contribution in [0.15, 0.2) is 60.9 Å². The normalized spacial score (nSPS) is 16.0. The summed E-state index contributed by atoms with van der Waals surface area (Å²) in [6.07, 6.45) is 6.45. The Hall–Kier alpha value is -2.85. The fourth-order valence-electron chi connectivity index (χ4n) is 4.52. The first-order chi connectivity index (χ1) is 13.8. The molecule has 0 aliphatic carbocycles. The van der Waals surface area contributed by atoms with Crippen molar-refractivity contribution < 1.29 is 4.74 Å². The first-order valence-corrected chi connectivity index (χ1v) is 10.0. The average Bonchev–Trinajstić information content (AvgIpc) is 3.18. The van der Waals surface area contributed by atoms with Gasteiger partial charge in [-0.05, 0) is 67.2 Å². The third-order valence-electron chi connectivity index (χ3n) is 6.06. The lowest BCUT2D eigenvalue weighted by Gasteiger charge is -2.32. The molecule has 3 heterocycles. The number of methoxy groups -OCH3 is 1. The van der Waals surface area contributed by atoms with Crippen molar-refractivity contribution in [1.29, 1.82) is 0 Å². The zero-order chi connectivity index (χ0) is 18.9. The summed E-state index contributed by atoms with van der Waals surface area (Å²) in [5, 5.41) is 2.53. The van der Waals surface area contributed by atoms with Crippen LogP contribution >= 0.6 is 0 Å². The lowest BCUT2D eigenvalue weighted by molar-refractivity contribution is 0.205. The molecule has 2 aromatic carbocycles. The number of fused-ring (bicyclic) bond motifs is 2. The topological polar surface area (TPSA) is 41.1 Å². The summed E-state index contributed by atoms with van der Waals surface area (Å²) >= 11 is 0. The second kappa shape index (κ2) is 7.28. The van der Waals surface area contributed by atoms with Crippen LogP contribution in [0.4, 0.5) is 0 Å². The lowest BCUT2D eigenvalue weighted by Crippen LogP contribution is -2.32. The quantitative estimate of drug-likeness (QED) is 0.542. The van der Waals surface area contributed by atoms with Gasteiger partial charge in [0.25, 0.3) is 0 Å². The minimum atomic E-state index is 0.600. The number of piperidine rings is 1. The molecule has 0 saturated carbocycles. The first-order valence-electron chi connectivity index (χ1n) is 10.0. The Morgan fingerprint density at radius 2 is 1.96 bits per heavy atom. The largest absolute Gasteiger partial charge is 0.497 e. The number of para-hydroxylation sites is 1. The van der Waals surface area contributed by atoms with Crippen molar-refractivity contribution in [3.8, 4) is 5.75 Å². The molecule has 0 atom stereocenters. The molecule has 0 bridgehead atoms. The van der Waals surface area contributed by atoms with Gasteiger partial charge in [0.15, 0.2) is 0 Å². The van der Waals surface area contributed by atoms with Gasteiger partial charge in [-0.15, -0.1) is 0 Å². The van der Waals surface area contributed by atoms with E-state index in [4.69, 9.17) is 4.74 Å². The highest BCUT2D eigenvalue weighted by atomic mass is 16.5. The van der Waals surface area contributed by atoms with E-state index in [2.05, 4.69) is 57.5 Å². The Labute approximate surface area is 165 Å². The van der Waals surface area contributed by atoms with Crippen LogP contribution in [0.3, 0.4) is 0 Å². The highest BCUT2D eigenvalue weighted by molar-refractivity contribution is 5.85. The first kappa shape index (κ1) is 17.3. The van der Waals surface area contributed by atoms with Crippen LogP contribution in [0.25, 0.3) is 21.8 Å². The summed E-state index contributed by atoms with van der Waals surface area (Å²) in [4.78, 5) is 10.6. The summed E-state index contributed by atoms with van der Waals surface area (Å²) in [5.74, 6) is 1.52. The van der Waals surface area contributed by atoms with Gasteiger partial charge in [-0.25, -0.2) is 0 Å². The molecule has 1 aliphatic heterocycles. The number of nitrogens with one attached hydrogen (secondary N) is 1. The molecule has 0 unspecified atom stereocenters. The van der Waals surface area contributed by atoms with Crippen LogP contribution in [-0.4, -0.2) is 35.1 Å². The van der Waals surface area contributed by atoms with Crippen LogP contribution in [0.2, 0.25) is 0 Å². The molecular weight excluding hydrogens is 346 g/mol. The van der Waals surface area contributed by atoms with Crippen LogP contribution < -0.4 is 4.74 Å². The lowest BCUT2D eigenvalue weighted by atomic mass is 9.89. The van der Waals surface area contributed by atoms with E-state index in [0.717, 1.165) is 30.9 Å². The summed E-state index contributed by atoms with van der Waals surface area (Å²) in [6.45, 7) is 3.21. The molecule has 4 aromatic rings. The fourth-order valence-corrected chi connectivity index (χ4v) is 4.52. The number of aromatic amines is 1. The average molecular weight is 371 g/mol. The number of H-pyrrole nitrogens is 1. The number of ether oxygens (including phenoxy) is 1. The second-order valence-electron chi connectivity index (χ2n) is 7.70. The van der Waals surface area contributed by atoms with Crippen molar-refractivity contribution in [1.82, 2.24) is 14.9 Å². The minimum Gasteiger partial charge on any atom is -0.497 e. The predicted octanol–water partition coefficient (Wildman–Crippen LogP) is 5.10. The molecule has 4 nitrogen and oxygen atoms in total. The van der Waals surface area contributed by atoms with Gasteiger partial charge < -0.3 is 9.72 Å². The molecule has 1 fully saturated rings. The Morgan fingerprint density at radius 1 is 1.11 bits per heavy atom. The Kier molecular flexibility index (Phi) is 4.49. The van der Waals surface area contributed by atoms with Gasteiger partial charge in [-0.3, -0.25) is 9.88 Å². The van der Waals surface area contributed by atoms with Crippen LogP contribution in [0.5, 0.6) is 5.75 Å². The maximum Gasteiger partial charge on any atom is 0.119 e. The maximum atomic E-state index is 5.42. The molecule has 0 amide bonds. The number of nitrogens with zero attached hydrogens (tertiary/aromatic N) is 2. The highest BCUT2D eigenvalue weighted by Crippen LogP contribution is 2.35. The van der Waals surface area contributed by atoms with E-state index in [1.54, 1.807) is 7.11 Å².